The van der Waals surface area contributed by atoms with Crippen LogP contribution in [-0.2, 0) is 0 Å². The van der Waals surface area contributed by atoms with E-state index in [4.69, 9.17) is 56.1 Å². The Kier molecular flexibility index (Phi) is 9.29. The zero-order chi connectivity index (χ0) is 19.5. The van der Waals surface area contributed by atoms with Gasteiger partial charge in [0.05, 0.1) is 7.11 Å². The molecule has 1 aromatic heterocycles. The fraction of sp³-hybridized carbons (Fsp3) is 0.0625. The van der Waals surface area contributed by atoms with Crippen LogP contribution in [0.3, 0.4) is 0 Å². The smallest absolute Gasteiger partial charge is 0.227 e. The van der Waals surface area contributed by atoms with Crippen molar-refractivity contribution in [1.29, 1.82) is 0 Å². The number of aromatic hydroxyl groups is 1. The minimum Gasteiger partial charge on any atom is -0.508 e. The quantitative estimate of drug-likeness (QED) is 0.403. The number of halogens is 3. The zero-order valence-corrected chi connectivity index (χ0v) is 15.9. The van der Waals surface area contributed by atoms with Crippen molar-refractivity contribution in [3.63, 3.8) is 0 Å². The Morgan fingerprint density at radius 3 is 1.38 bits per heavy atom. The third-order valence-corrected chi connectivity index (χ3v) is 3.07. The number of phenols is 1. The third-order valence-electron chi connectivity index (χ3n) is 2.56. The molecule has 0 unspecified atom stereocenters. The van der Waals surface area contributed by atoms with E-state index in [1.807, 2.05) is 12.1 Å². The predicted octanol–water partition coefficient (Wildman–Crippen LogP) is 4.08. The van der Waals surface area contributed by atoms with E-state index in [-0.39, 0.29) is 21.6 Å². The van der Waals surface area contributed by atoms with Crippen LogP contribution in [-0.4, -0.2) is 27.2 Å². The van der Waals surface area contributed by atoms with Gasteiger partial charge in [0.1, 0.15) is 11.5 Å². The summed E-state index contributed by atoms with van der Waals surface area (Å²) in [6, 6.07) is 13.7. The molecule has 26 heavy (non-hydrogen) atoms. The molecule has 2 aromatic carbocycles. The summed E-state index contributed by atoms with van der Waals surface area (Å²) in [6.07, 6.45) is 0. The molecule has 0 radical (unpaired) electrons. The maximum absolute atomic E-state index is 8.70. The molecule has 1 heterocycles. The lowest BCUT2D eigenvalue weighted by atomic mass is 10.3. The molecule has 0 aliphatic heterocycles. The van der Waals surface area contributed by atoms with Crippen LogP contribution in [0.2, 0.25) is 15.9 Å². The standard InChI is InChI=1S/C7H9NO.C6H7NO.C3Cl3N3/c1-9-7-4-2-6(8)3-5-7;7-5-1-3-6(8)4-2-5;4-1-7-2(5)9-3(6)8-1/h2-5H,8H2,1H3;1-4,8H,7H2;. The number of nitrogens with two attached hydrogens (primary N) is 2. The van der Waals surface area contributed by atoms with Crippen molar-refractivity contribution < 1.29 is 9.84 Å². The summed E-state index contributed by atoms with van der Waals surface area (Å²) in [5.74, 6) is 1.09. The SMILES string of the molecule is COc1ccc(N)cc1.Clc1nc(Cl)nc(Cl)n1.Nc1ccc(O)cc1. The van der Waals surface area contributed by atoms with Crippen molar-refractivity contribution >= 4 is 46.2 Å². The topological polar surface area (TPSA) is 120 Å². The first-order valence-electron chi connectivity index (χ1n) is 6.96. The summed E-state index contributed by atoms with van der Waals surface area (Å²) in [4.78, 5) is 10.4. The number of rotatable bonds is 1. The van der Waals surface area contributed by atoms with Crippen LogP contribution in [0.5, 0.6) is 11.5 Å². The van der Waals surface area contributed by atoms with Crippen molar-refractivity contribution in [3.05, 3.63) is 64.4 Å². The van der Waals surface area contributed by atoms with E-state index in [9.17, 15) is 0 Å². The summed E-state index contributed by atoms with van der Waals surface area (Å²) in [6.45, 7) is 0. The minimum atomic E-state index is 0.000000000000000444. The van der Waals surface area contributed by atoms with Gasteiger partial charge in [-0.05, 0) is 83.3 Å². The molecule has 0 fully saturated rings. The second-order valence-electron chi connectivity index (χ2n) is 4.51. The van der Waals surface area contributed by atoms with Gasteiger partial charge >= 0.3 is 0 Å². The van der Waals surface area contributed by atoms with Crippen molar-refractivity contribution in [1.82, 2.24) is 15.0 Å². The summed E-state index contributed by atoms with van der Waals surface area (Å²) in [5, 5.41) is 8.70. The lowest BCUT2D eigenvalue weighted by Gasteiger charge is -1.97. The van der Waals surface area contributed by atoms with Crippen LogP contribution in [0, 0.1) is 0 Å². The number of hydrogen-bond acceptors (Lipinski definition) is 7. The number of hydrogen-bond donors (Lipinski definition) is 3. The summed E-state index contributed by atoms with van der Waals surface area (Å²) in [5.41, 5.74) is 12.2. The molecule has 3 aromatic rings. The van der Waals surface area contributed by atoms with Gasteiger partial charge in [0.25, 0.3) is 0 Å². The van der Waals surface area contributed by atoms with Gasteiger partial charge in [-0.1, -0.05) is 0 Å². The second-order valence-corrected chi connectivity index (χ2v) is 5.52. The van der Waals surface area contributed by atoms with Gasteiger partial charge in [0, 0.05) is 11.4 Å². The molecule has 10 heteroatoms. The largest absolute Gasteiger partial charge is 0.508 e. The van der Waals surface area contributed by atoms with Gasteiger partial charge in [-0.2, -0.15) is 15.0 Å². The molecule has 3 rings (SSSR count). The Morgan fingerprint density at radius 2 is 1.08 bits per heavy atom. The Balaban J connectivity index is 0.000000195. The van der Waals surface area contributed by atoms with E-state index in [2.05, 4.69) is 15.0 Å². The molecule has 138 valence electrons. The lowest BCUT2D eigenvalue weighted by Crippen LogP contribution is -1.87. The van der Waals surface area contributed by atoms with Crippen LogP contribution in [0.1, 0.15) is 0 Å². The summed E-state index contributed by atoms with van der Waals surface area (Å²) < 4.78 is 4.91. The van der Waals surface area contributed by atoms with E-state index in [0.29, 0.717) is 5.69 Å². The van der Waals surface area contributed by atoms with Crippen LogP contribution >= 0.6 is 34.8 Å². The van der Waals surface area contributed by atoms with Gasteiger partial charge in [-0.25, -0.2) is 0 Å². The molecule has 0 aliphatic carbocycles. The molecule has 0 saturated carbocycles. The maximum atomic E-state index is 8.70. The van der Waals surface area contributed by atoms with Gasteiger partial charge in [-0.15, -0.1) is 0 Å². The third kappa shape index (κ3) is 9.12. The summed E-state index contributed by atoms with van der Waals surface area (Å²) in [7, 11) is 1.63. The number of methoxy groups -OCH3 is 1. The van der Waals surface area contributed by atoms with Crippen LogP contribution in [0.4, 0.5) is 11.4 Å². The number of nitrogen functional groups attached to an aromatic ring is 2. The van der Waals surface area contributed by atoms with Crippen molar-refractivity contribution in [2.75, 3.05) is 18.6 Å². The van der Waals surface area contributed by atoms with Gasteiger partial charge in [0.15, 0.2) is 0 Å². The first kappa shape index (κ1) is 21.6. The van der Waals surface area contributed by atoms with Crippen LogP contribution in [0.15, 0.2) is 48.5 Å². The van der Waals surface area contributed by atoms with E-state index >= 15 is 0 Å². The molecule has 0 aliphatic rings. The minimum absolute atomic E-state index is 0.000000000000000444. The first-order chi connectivity index (χ1) is 12.3. The normalized spacial score (nSPS) is 9.23. The van der Waals surface area contributed by atoms with Gasteiger partial charge < -0.3 is 21.3 Å². The highest BCUT2D eigenvalue weighted by molar-refractivity contribution is 6.33. The van der Waals surface area contributed by atoms with E-state index in [1.54, 1.807) is 43.5 Å². The first-order valence-corrected chi connectivity index (χ1v) is 8.10. The highest BCUT2D eigenvalue weighted by Gasteiger charge is 1.97. The molecule has 7 nitrogen and oxygen atoms in total. The Bertz CT molecular complexity index is 731. The highest BCUT2D eigenvalue weighted by atomic mass is 35.5. The molecular formula is C16H16Cl3N5O2. The number of anilines is 2. The van der Waals surface area contributed by atoms with Gasteiger partial charge in [-0.3, -0.25) is 0 Å². The van der Waals surface area contributed by atoms with Crippen LogP contribution in [0.25, 0.3) is 0 Å². The maximum Gasteiger partial charge on any atom is 0.227 e. The van der Waals surface area contributed by atoms with Crippen molar-refractivity contribution in [2.24, 2.45) is 0 Å². The number of nitrogens with zero attached hydrogens (tertiary/aromatic N) is 3. The Hall–Kier alpha value is -2.48. The number of ether oxygens (including phenoxy) is 1. The fourth-order valence-corrected chi connectivity index (χ4v) is 1.99. The van der Waals surface area contributed by atoms with Crippen molar-refractivity contribution in [2.45, 2.75) is 0 Å². The lowest BCUT2D eigenvalue weighted by molar-refractivity contribution is 0.415. The van der Waals surface area contributed by atoms with E-state index < -0.39 is 0 Å². The molecule has 5 N–H and O–H groups in total. The fourth-order valence-electron chi connectivity index (χ4n) is 1.38. The zero-order valence-electron chi connectivity index (χ0n) is 13.6. The van der Waals surface area contributed by atoms with Crippen molar-refractivity contribution in [3.8, 4) is 11.5 Å². The van der Waals surface area contributed by atoms with E-state index in [1.165, 1.54) is 0 Å². The number of benzene rings is 2. The van der Waals surface area contributed by atoms with E-state index in [0.717, 1.165) is 11.4 Å². The van der Waals surface area contributed by atoms with Crippen LogP contribution < -0.4 is 16.2 Å². The molecular weight excluding hydrogens is 401 g/mol. The predicted molar refractivity (Wildman–Crippen MR) is 105 cm³/mol. The Labute approximate surface area is 165 Å². The molecule has 0 bridgehead atoms. The molecule has 0 saturated heterocycles. The average Bonchev–Trinajstić information content (AvgIpc) is 2.58. The summed E-state index contributed by atoms with van der Waals surface area (Å²) >= 11 is 16.0. The number of phenolic OH excluding ortho intramolecular Hbond substituents is 1. The monoisotopic (exact) mass is 415 g/mol. The van der Waals surface area contributed by atoms with Gasteiger partial charge in [0.2, 0.25) is 15.9 Å². The molecule has 0 atom stereocenters. The number of aromatic nitrogens is 3. The molecule has 0 spiro atoms. The average molecular weight is 417 g/mol. The molecule has 0 amide bonds. The highest BCUT2D eigenvalue weighted by Crippen LogP contribution is 2.11. The Morgan fingerprint density at radius 1 is 0.731 bits per heavy atom. The second kappa shape index (κ2) is 11.2.